The minimum Gasteiger partial charge on any atom is -0.355 e. The lowest BCUT2D eigenvalue weighted by molar-refractivity contribution is -0.0501. The van der Waals surface area contributed by atoms with Crippen molar-refractivity contribution in [3.8, 4) is 5.88 Å². The molecule has 0 bridgehead atoms. The van der Waals surface area contributed by atoms with Crippen LogP contribution < -0.4 is 4.18 Å². The maximum atomic E-state index is 13.2. The number of aromatic amines is 1. The molecule has 0 aromatic carbocycles. The van der Waals surface area contributed by atoms with Crippen molar-refractivity contribution in [3.63, 3.8) is 0 Å². The smallest absolute Gasteiger partial charge is 0.355 e. The lowest BCUT2D eigenvalue weighted by Gasteiger charge is -2.08. The average molecular weight is 365 g/mol. The third-order valence-corrected chi connectivity index (χ3v) is 3.71. The second-order valence-electron chi connectivity index (χ2n) is 4.23. The van der Waals surface area contributed by atoms with Crippen molar-refractivity contribution in [1.82, 2.24) is 15.0 Å². The monoisotopic (exact) mass is 365 g/mol. The molecule has 24 heavy (non-hydrogen) atoms. The van der Waals surface area contributed by atoms with Crippen LogP contribution in [0.25, 0.3) is 21.9 Å². The van der Waals surface area contributed by atoms with Crippen LogP contribution in [0.1, 0.15) is 13.8 Å². The number of nitrogens with zero attached hydrogens (tertiary/aromatic N) is 2. The summed E-state index contributed by atoms with van der Waals surface area (Å²) in [6.45, 7) is 4.00. The van der Waals surface area contributed by atoms with Gasteiger partial charge in [-0.3, -0.25) is 0 Å². The highest BCUT2D eigenvalue weighted by Crippen LogP contribution is 2.30. The van der Waals surface area contributed by atoms with Crippen molar-refractivity contribution in [2.75, 3.05) is 0 Å². The van der Waals surface area contributed by atoms with Crippen LogP contribution in [-0.2, 0) is 10.1 Å². The van der Waals surface area contributed by atoms with Gasteiger partial charge in [-0.1, -0.05) is 13.8 Å². The second-order valence-corrected chi connectivity index (χ2v) is 5.76. The van der Waals surface area contributed by atoms with E-state index in [9.17, 15) is 26.0 Å². The Morgan fingerprint density at radius 3 is 2.38 bits per heavy atom. The predicted molar refractivity (Wildman–Crippen MR) is 78.3 cm³/mol. The molecule has 0 radical (unpaired) electrons. The molecule has 11 heteroatoms. The van der Waals surface area contributed by atoms with Crippen LogP contribution in [0.4, 0.5) is 17.6 Å². The zero-order valence-corrected chi connectivity index (χ0v) is 13.2. The van der Waals surface area contributed by atoms with Crippen LogP contribution in [0.5, 0.6) is 5.88 Å². The van der Waals surface area contributed by atoms with Crippen LogP contribution in [0.3, 0.4) is 0 Å². The number of nitrogens with one attached hydrogen (secondary N) is 1. The molecule has 0 unspecified atom stereocenters. The topological polar surface area (TPSA) is 84.9 Å². The Labute approximate surface area is 133 Å². The summed E-state index contributed by atoms with van der Waals surface area (Å²) in [7, 11) is -5.83. The third kappa shape index (κ3) is 3.25. The molecule has 0 aliphatic carbocycles. The van der Waals surface area contributed by atoms with Crippen molar-refractivity contribution in [2.24, 2.45) is 0 Å². The Morgan fingerprint density at radius 1 is 1.08 bits per heavy atom. The standard InChI is InChI=1S/C11H5F4N3O3S.C2H6/c12-5-1-7-6-2-9(21-22(19,20)11(13,14)15)16-4-8(6)18-10(7)17-3-5;1-2/h1-4H,(H,17,18);1-2H3. The van der Waals surface area contributed by atoms with Crippen LogP contribution in [-0.4, -0.2) is 28.9 Å². The molecule has 3 aromatic heterocycles. The largest absolute Gasteiger partial charge is 0.534 e. The Bertz CT molecular complexity index is 983. The number of halogens is 4. The number of H-pyrrole nitrogens is 1. The second kappa shape index (κ2) is 6.23. The third-order valence-electron chi connectivity index (χ3n) is 2.76. The lowest BCUT2D eigenvalue weighted by atomic mass is 10.2. The Morgan fingerprint density at radius 2 is 1.75 bits per heavy atom. The fraction of sp³-hybridized carbons (Fsp3) is 0.231. The highest BCUT2D eigenvalue weighted by molar-refractivity contribution is 7.87. The van der Waals surface area contributed by atoms with Crippen molar-refractivity contribution in [2.45, 2.75) is 19.4 Å². The molecule has 0 atom stereocenters. The Balaban J connectivity index is 0.00000100. The van der Waals surface area contributed by atoms with E-state index in [4.69, 9.17) is 0 Å². The van der Waals surface area contributed by atoms with Gasteiger partial charge in [-0.05, 0) is 6.07 Å². The van der Waals surface area contributed by atoms with Gasteiger partial charge in [0.05, 0.1) is 17.9 Å². The quantitative estimate of drug-likeness (QED) is 0.427. The summed E-state index contributed by atoms with van der Waals surface area (Å²) in [6.07, 6.45) is 2.02. The van der Waals surface area contributed by atoms with Crippen molar-refractivity contribution in [3.05, 3.63) is 30.3 Å². The molecule has 130 valence electrons. The van der Waals surface area contributed by atoms with E-state index in [1.54, 1.807) is 0 Å². The molecule has 0 fully saturated rings. The van der Waals surface area contributed by atoms with Gasteiger partial charge in [0.15, 0.2) is 0 Å². The first-order chi connectivity index (χ1) is 11.2. The van der Waals surface area contributed by atoms with Gasteiger partial charge in [0, 0.05) is 16.8 Å². The van der Waals surface area contributed by atoms with Crippen LogP contribution >= 0.6 is 0 Å². The summed E-state index contributed by atoms with van der Waals surface area (Å²) in [5.74, 6) is -1.44. The number of rotatable bonds is 2. The van der Waals surface area contributed by atoms with Gasteiger partial charge < -0.3 is 9.17 Å². The average Bonchev–Trinajstić information content (AvgIpc) is 2.85. The van der Waals surface area contributed by atoms with E-state index in [0.29, 0.717) is 5.52 Å². The molecule has 0 saturated heterocycles. The van der Waals surface area contributed by atoms with Gasteiger partial charge in [-0.25, -0.2) is 14.4 Å². The normalized spacial score (nSPS) is 12.1. The van der Waals surface area contributed by atoms with E-state index >= 15 is 0 Å². The van der Waals surface area contributed by atoms with Crippen molar-refractivity contribution in [1.29, 1.82) is 0 Å². The molecule has 3 rings (SSSR count). The summed E-state index contributed by atoms with van der Waals surface area (Å²) in [5.41, 5.74) is -4.96. The maximum Gasteiger partial charge on any atom is 0.534 e. The van der Waals surface area contributed by atoms with E-state index in [-0.39, 0.29) is 16.4 Å². The van der Waals surface area contributed by atoms with E-state index in [1.807, 2.05) is 13.8 Å². The van der Waals surface area contributed by atoms with Gasteiger partial charge >= 0.3 is 15.6 Å². The predicted octanol–water partition coefficient (Wildman–Crippen LogP) is 3.50. The van der Waals surface area contributed by atoms with Crippen LogP contribution in [0.2, 0.25) is 0 Å². The summed E-state index contributed by atoms with van der Waals surface area (Å²) >= 11 is 0. The molecule has 0 aliphatic rings. The Kier molecular flexibility index (Phi) is 4.65. The summed E-state index contributed by atoms with van der Waals surface area (Å²) in [5, 5.41) is 0.482. The lowest BCUT2D eigenvalue weighted by Crippen LogP contribution is -2.28. The van der Waals surface area contributed by atoms with E-state index < -0.39 is 27.3 Å². The van der Waals surface area contributed by atoms with Gasteiger partial charge in [-0.15, -0.1) is 0 Å². The van der Waals surface area contributed by atoms with E-state index in [2.05, 4.69) is 19.1 Å². The molecule has 3 heterocycles. The summed E-state index contributed by atoms with van der Waals surface area (Å²) in [4.78, 5) is 9.99. The maximum absolute atomic E-state index is 13.2. The molecule has 3 aromatic rings. The van der Waals surface area contributed by atoms with Crippen molar-refractivity contribution >= 4 is 32.1 Å². The highest BCUT2D eigenvalue weighted by Gasteiger charge is 2.48. The van der Waals surface area contributed by atoms with E-state index in [1.165, 1.54) is 0 Å². The molecule has 1 N–H and O–H groups in total. The van der Waals surface area contributed by atoms with Gasteiger partial charge in [0.1, 0.15) is 11.5 Å². The number of aromatic nitrogens is 3. The zero-order valence-electron chi connectivity index (χ0n) is 12.3. The number of hydrogen-bond acceptors (Lipinski definition) is 5. The van der Waals surface area contributed by atoms with Crippen molar-refractivity contribution < 1.29 is 30.2 Å². The number of pyridine rings is 2. The molecular formula is C13H11F4N3O3S. The fourth-order valence-corrected chi connectivity index (χ4v) is 2.25. The first-order valence-electron chi connectivity index (χ1n) is 6.61. The molecule has 6 nitrogen and oxygen atoms in total. The minimum atomic E-state index is -5.83. The fourth-order valence-electron chi connectivity index (χ4n) is 1.84. The van der Waals surface area contributed by atoms with Gasteiger partial charge in [0.2, 0.25) is 5.88 Å². The molecule has 0 aliphatic heterocycles. The molecule has 0 amide bonds. The highest BCUT2D eigenvalue weighted by atomic mass is 32.2. The SMILES string of the molecule is CC.O=S(=O)(Oc1cc2c(cn1)[nH]c1ncc(F)cc12)C(F)(F)F. The van der Waals surface area contributed by atoms with Crippen LogP contribution in [0, 0.1) is 5.82 Å². The van der Waals surface area contributed by atoms with Gasteiger partial charge in [-0.2, -0.15) is 21.6 Å². The molecule has 0 saturated carbocycles. The summed E-state index contributed by atoms with van der Waals surface area (Å²) in [6, 6.07) is 2.06. The minimum absolute atomic E-state index is 0.226. The summed E-state index contributed by atoms with van der Waals surface area (Å²) < 4.78 is 75.8. The van der Waals surface area contributed by atoms with Gasteiger partial charge in [0.25, 0.3) is 0 Å². The first kappa shape index (κ1) is 17.9. The number of fused-ring (bicyclic) bond motifs is 3. The van der Waals surface area contributed by atoms with E-state index in [0.717, 1.165) is 24.5 Å². The van der Waals surface area contributed by atoms with Crippen LogP contribution in [0.15, 0.2) is 24.5 Å². The number of alkyl halides is 3. The Hall–Kier alpha value is -2.43. The molecular weight excluding hydrogens is 354 g/mol. The molecule has 0 spiro atoms. The number of hydrogen-bond donors (Lipinski definition) is 1. The zero-order chi connectivity index (χ0) is 18.1. The first-order valence-corrected chi connectivity index (χ1v) is 8.02.